The first-order valence-electron chi connectivity index (χ1n) is 8.12. The Morgan fingerprint density at radius 2 is 2.04 bits per heavy atom. The first kappa shape index (κ1) is 17.2. The maximum atomic E-state index is 12.0. The van der Waals surface area contributed by atoms with E-state index in [1.165, 1.54) is 0 Å². The molecule has 0 fully saturated rings. The number of amides is 1. The molecule has 0 spiro atoms. The van der Waals surface area contributed by atoms with Crippen LogP contribution in [0.2, 0.25) is 5.02 Å². The second-order valence-electron chi connectivity index (χ2n) is 5.75. The number of halogens is 1. The van der Waals surface area contributed by atoms with Crippen molar-refractivity contribution in [1.29, 1.82) is 0 Å². The van der Waals surface area contributed by atoms with Gasteiger partial charge < -0.3 is 10.3 Å². The predicted molar refractivity (Wildman–Crippen MR) is 97.5 cm³/mol. The lowest BCUT2D eigenvalue weighted by Gasteiger charge is -2.17. The summed E-state index contributed by atoms with van der Waals surface area (Å²) in [7, 11) is 0. The van der Waals surface area contributed by atoms with E-state index in [2.05, 4.69) is 20.3 Å². The number of H-pyrrole nitrogens is 1. The summed E-state index contributed by atoms with van der Waals surface area (Å²) in [6.07, 6.45) is 6.07. The molecule has 1 amide bonds. The number of aromatic nitrogens is 3. The minimum atomic E-state index is -0.0277. The Morgan fingerprint density at radius 3 is 2.72 bits per heavy atom. The van der Waals surface area contributed by atoms with Crippen LogP contribution in [0.25, 0.3) is 0 Å². The monoisotopic (exact) mass is 354 g/mol. The SMILES string of the molecule is O=C(Cc1cnc[nH]1)NCCC(c1ccc(Cl)cc1)c1ccccn1. The van der Waals surface area contributed by atoms with Crippen LogP contribution >= 0.6 is 11.6 Å². The van der Waals surface area contributed by atoms with Crippen LogP contribution in [0.15, 0.2) is 61.2 Å². The van der Waals surface area contributed by atoms with Gasteiger partial charge in [-0.05, 0) is 36.2 Å². The normalized spacial score (nSPS) is 11.9. The topological polar surface area (TPSA) is 70.7 Å². The van der Waals surface area contributed by atoms with Crippen molar-refractivity contribution in [1.82, 2.24) is 20.3 Å². The number of nitrogens with one attached hydrogen (secondary N) is 2. The molecule has 128 valence electrons. The highest BCUT2D eigenvalue weighted by Crippen LogP contribution is 2.27. The zero-order valence-corrected chi connectivity index (χ0v) is 14.4. The lowest BCUT2D eigenvalue weighted by molar-refractivity contribution is -0.120. The van der Waals surface area contributed by atoms with Gasteiger partial charge in [0.25, 0.3) is 0 Å². The van der Waals surface area contributed by atoms with Crippen LogP contribution in [0.1, 0.15) is 29.3 Å². The number of aromatic amines is 1. The molecular weight excluding hydrogens is 336 g/mol. The van der Waals surface area contributed by atoms with Crippen LogP contribution in [0.4, 0.5) is 0 Å². The van der Waals surface area contributed by atoms with E-state index in [0.29, 0.717) is 18.0 Å². The van der Waals surface area contributed by atoms with Crippen molar-refractivity contribution >= 4 is 17.5 Å². The fraction of sp³-hybridized carbons (Fsp3) is 0.211. The molecule has 3 aromatic rings. The van der Waals surface area contributed by atoms with Gasteiger partial charge in [0.05, 0.1) is 12.7 Å². The van der Waals surface area contributed by atoms with Crippen LogP contribution in [-0.4, -0.2) is 27.4 Å². The molecule has 0 saturated carbocycles. The summed E-state index contributed by atoms with van der Waals surface area (Å²) < 4.78 is 0. The highest BCUT2D eigenvalue weighted by atomic mass is 35.5. The van der Waals surface area contributed by atoms with Crippen LogP contribution in [0, 0.1) is 0 Å². The second kappa shape index (κ2) is 8.44. The molecule has 1 unspecified atom stereocenters. The highest BCUT2D eigenvalue weighted by molar-refractivity contribution is 6.30. The highest BCUT2D eigenvalue weighted by Gasteiger charge is 2.16. The summed E-state index contributed by atoms with van der Waals surface area (Å²) in [5.41, 5.74) is 2.91. The minimum Gasteiger partial charge on any atom is -0.356 e. The van der Waals surface area contributed by atoms with Crippen molar-refractivity contribution in [3.63, 3.8) is 0 Å². The molecule has 0 radical (unpaired) electrons. The third-order valence-corrected chi connectivity index (χ3v) is 4.23. The molecule has 2 N–H and O–H groups in total. The zero-order chi connectivity index (χ0) is 17.5. The van der Waals surface area contributed by atoms with Crippen molar-refractivity contribution in [2.24, 2.45) is 0 Å². The lowest BCUT2D eigenvalue weighted by Crippen LogP contribution is -2.27. The van der Waals surface area contributed by atoms with Crippen molar-refractivity contribution < 1.29 is 4.79 Å². The summed E-state index contributed by atoms with van der Waals surface area (Å²) in [6, 6.07) is 13.7. The Morgan fingerprint density at radius 1 is 1.20 bits per heavy atom. The Kier molecular flexibility index (Phi) is 5.80. The molecule has 5 nitrogen and oxygen atoms in total. The number of hydrogen-bond acceptors (Lipinski definition) is 3. The molecule has 0 aliphatic rings. The van der Waals surface area contributed by atoms with Gasteiger partial charge in [0.1, 0.15) is 0 Å². The van der Waals surface area contributed by atoms with Gasteiger partial charge in [-0.2, -0.15) is 0 Å². The van der Waals surface area contributed by atoms with Gasteiger partial charge in [0, 0.05) is 41.3 Å². The second-order valence-corrected chi connectivity index (χ2v) is 6.19. The number of imidazole rings is 1. The quantitative estimate of drug-likeness (QED) is 0.683. The van der Waals surface area contributed by atoms with Crippen molar-refractivity contribution in [2.75, 3.05) is 6.54 Å². The van der Waals surface area contributed by atoms with Gasteiger partial charge >= 0.3 is 0 Å². The van der Waals surface area contributed by atoms with Crippen molar-refractivity contribution in [2.45, 2.75) is 18.8 Å². The Labute approximate surface area is 151 Å². The summed E-state index contributed by atoms with van der Waals surface area (Å²) >= 11 is 6.00. The fourth-order valence-corrected chi connectivity index (χ4v) is 2.86. The van der Waals surface area contributed by atoms with Gasteiger partial charge in [0.2, 0.25) is 5.91 Å². The molecule has 1 atom stereocenters. The molecular formula is C19H19ClN4O. The smallest absolute Gasteiger partial charge is 0.225 e. The molecule has 0 saturated heterocycles. The van der Waals surface area contributed by atoms with Crippen molar-refractivity contribution in [3.8, 4) is 0 Å². The van der Waals surface area contributed by atoms with E-state index >= 15 is 0 Å². The summed E-state index contributed by atoms with van der Waals surface area (Å²) in [4.78, 5) is 23.3. The maximum absolute atomic E-state index is 12.0. The average Bonchev–Trinajstić information content (AvgIpc) is 3.13. The van der Waals surface area contributed by atoms with Crippen LogP contribution in [0.3, 0.4) is 0 Å². The third kappa shape index (κ3) is 4.90. The number of rotatable bonds is 7. The standard InChI is InChI=1S/C19H19ClN4O/c20-15-6-4-14(5-7-15)17(18-3-1-2-9-22-18)8-10-23-19(25)11-16-12-21-13-24-16/h1-7,9,12-13,17H,8,10-11H2,(H,21,24)(H,23,25). The van der Waals surface area contributed by atoms with Crippen LogP contribution in [-0.2, 0) is 11.2 Å². The molecule has 2 aromatic heterocycles. The van der Waals surface area contributed by atoms with Gasteiger partial charge in [0.15, 0.2) is 0 Å². The number of hydrogen-bond donors (Lipinski definition) is 2. The number of nitrogens with zero attached hydrogens (tertiary/aromatic N) is 2. The zero-order valence-electron chi connectivity index (χ0n) is 13.7. The van der Waals surface area contributed by atoms with Gasteiger partial charge in [-0.1, -0.05) is 29.8 Å². The summed E-state index contributed by atoms with van der Waals surface area (Å²) in [5, 5.41) is 3.67. The van der Waals surface area contributed by atoms with E-state index in [1.807, 2.05) is 42.5 Å². The van der Waals surface area contributed by atoms with Crippen LogP contribution in [0.5, 0.6) is 0 Å². The average molecular weight is 355 g/mol. The molecule has 3 rings (SSSR count). The van der Waals surface area contributed by atoms with Gasteiger partial charge in [-0.15, -0.1) is 0 Å². The van der Waals surface area contributed by atoms with E-state index in [0.717, 1.165) is 23.4 Å². The molecule has 0 aliphatic heterocycles. The Hall–Kier alpha value is -2.66. The van der Waals surface area contributed by atoms with Crippen molar-refractivity contribution in [3.05, 3.63) is 83.2 Å². The number of benzene rings is 1. The third-order valence-electron chi connectivity index (χ3n) is 3.98. The Balaban J connectivity index is 1.64. The molecule has 2 heterocycles. The molecule has 6 heteroatoms. The molecule has 0 bridgehead atoms. The summed E-state index contributed by atoms with van der Waals surface area (Å²) in [5.74, 6) is 0.0750. The lowest BCUT2D eigenvalue weighted by atomic mass is 9.92. The first-order valence-corrected chi connectivity index (χ1v) is 8.50. The van der Waals surface area contributed by atoms with E-state index in [4.69, 9.17) is 11.6 Å². The maximum Gasteiger partial charge on any atom is 0.225 e. The van der Waals surface area contributed by atoms with Gasteiger partial charge in [-0.25, -0.2) is 4.98 Å². The van der Waals surface area contributed by atoms with Crippen LogP contribution < -0.4 is 5.32 Å². The van der Waals surface area contributed by atoms with E-state index in [1.54, 1.807) is 18.7 Å². The van der Waals surface area contributed by atoms with E-state index in [-0.39, 0.29) is 11.8 Å². The molecule has 1 aromatic carbocycles. The van der Waals surface area contributed by atoms with Gasteiger partial charge in [-0.3, -0.25) is 9.78 Å². The Bertz CT molecular complexity index is 788. The fourth-order valence-electron chi connectivity index (χ4n) is 2.74. The molecule has 25 heavy (non-hydrogen) atoms. The number of carbonyl (C=O) groups excluding carboxylic acids is 1. The molecule has 0 aliphatic carbocycles. The van der Waals surface area contributed by atoms with E-state index < -0.39 is 0 Å². The number of carbonyl (C=O) groups is 1. The largest absolute Gasteiger partial charge is 0.356 e. The predicted octanol–water partition coefficient (Wildman–Crippen LogP) is 3.34. The summed E-state index contributed by atoms with van der Waals surface area (Å²) in [6.45, 7) is 0.566. The first-order chi connectivity index (χ1) is 12.2. The number of pyridine rings is 1. The minimum absolute atomic E-state index is 0.0277. The van der Waals surface area contributed by atoms with E-state index in [9.17, 15) is 4.79 Å².